The highest BCUT2D eigenvalue weighted by atomic mass is 16.5. The summed E-state index contributed by atoms with van der Waals surface area (Å²) in [6, 6.07) is 16.4. The van der Waals surface area contributed by atoms with E-state index in [0.717, 1.165) is 31.4 Å². The molecule has 0 radical (unpaired) electrons. The molecule has 0 atom stereocenters. The van der Waals surface area contributed by atoms with Crippen LogP contribution in [-0.4, -0.2) is 54.4 Å². The van der Waals surface area contributed by atoms with Gasteiger partial charge < -0.3 is 14.5 Å². The molecular formula is C25H30N2O3. The molecule has 1 aliphatic heterocycles. The monoisotopic (exact) mass is 406 g/mol. The number of hydrogen-bond donors (Lipinski definition) is 0. The van der Waals surface area contributed by atoms with Crippen LogP contribution in [0.3, 0.4) is 0 Å². The maximum atomic E-state index is 12.5. The second-order valence-electron chi connectivity index (χ2n) is 8.17. The van der Waals surface area contributed by atoms with Crippen LogP contribution in [0.15, 0.2) is 48.5 Å². The molecule has 2 aromatic rings. The van der Waals surface area contributed by atoms with Crippen LogP contribution in [0.25, 0.3) is 0 Å². The minimum atomic E-state index is -0.00771. The number of aryl methyl sites for hydroxylation is 3. The predicted molar refractivity (Wildman–Crippen MR) is 117 cm³/mol. The Labute approximate surface area is 178 Å². The van der Waals surface area contributed by atoms with Gasteiger partial charge >= 0.3 is 0 Å². The second-order valence-corrected chi connectivity index (χ2v) is 8.17. The standard InChI is InChI=1S/C25H30N2O3/c28-24(11-4-8-20-6-2-1-3-7-20)26-14-16-27(17-15-26)25(29)19-30-23-13-12-21-9-5-10-22(21)18-23/h1-3,6-7,12-13,18H,4-5,8-11,14-17,19H2. The Balaban J connectivity index is 1.16. The van der Waals surface area contributed by atoms with Crippen LogP contribution >= 0.6 is 0 Å². The summed E-state index contributed by atoms with van der Waals surface area (Å²) in [5, 5.41) is 0. The van der Waals surface area contributed by atoms with E-state index in [-0.39, 0.29) is 18.4 Å². The normalized spacial score (nSPS) is 15.7. The van der Waals surface area contributed by atoms with Crippen LogP contribution in [0.5, 0.6) is 5.75 Å². The van der Waals surface area contributed by atoms with E-state index in [0.29, 0.717) is 32.6 Å². The lowest BCUT2D eigenvalue weighted by molar-refractivity contribution is -0.140. The minimum Gasteiger partial charge on any atom is -0.484 e. The first-order valence-corrected chi connectivity index (χ1v) is 11.0. The number of carbonyl (C=O) groups excluding carboxylic acids is 2. The average molecular weight is 407 g/mol. The highest BCUT2D eigenvalue weighted by Crippen LogP contribution is 2.26. The summed E-state index contributed by atoms with van der Waals surface area (Å²) in [7, 11) is 0. The number of benzene rings is 2. The van der Waals surface area contributed by atoms with E-state index in [1.165, 1.54) is 23.1 Å². The molecule has 1 fully saturated rings. The second kappa shape index (κ2) is 9.79. The van der Waals surface area contributed by atoms with Crippen LogP contribution in [0, 0.1) is 0 Å². The average Bonchev–Trinajstić information content (AvgIpc) is 3.26. The fraction of sp³-hybridized carbons (Fsp3) is 0.440. The lowest BCUT2D eigenvalue weighted by atomic mass is 10.1. The lowest BCUT2D eigenvalue weighted by Crippen LogP contribution is -2.51. The number of ether oxygens (including phenoxy) is 1. The molecule has 1 heterocycles. The smallest absolute Gasteiger partial charge is 0.260 e. The zero-order chi connectivity index (χ0) is 20.8. The molecule has 158 valence electrons. The Hall–Kier alpha value is -2.82. The number of amides is 2. The maximum Gasteiger partial charge on any atom is 0.260 e. The van der Waals surface area contributed by atoms with E-state index < -0.39 is 0 Å². The van der Waals surface area contributed by atoms with E-state index >= 15 is 0 Å². The van der Waals surface area contributed by atoms with Crippen LogP contribution in [-0.2, 0) is 28.9 Å². The Morgan fingerprint density at radius 1 is 0.833 bits per heavy atom. The molecule has 5 nitrogen and oxygen atoms in total. The van der Waals surface area contributed by atoms with E-state index in [2.05, 4.69) is 24.3 Å². The Bertz CT molecular complexity index is 873. The van der Waals surface area contributed by atoms with E-state index in [1.807, 2.05) is 29.2 Å². The first-order valence-electron chi connectivity index (χ1n) is 11.0. The summed E-state index contributed by atoms with van der Waals surface area (Å²) in [5.41, 5.74) is 4.02. The molecule has 0 unspecified atom stereocenters. The highest BCUT2D eigenvalue weighted by Gasteiger charge is 2.24. The Morgan fingerprint density at radius 2 is 1.53 bits per heavy atom. The van der Waals surface area contributed by atoms with Crippen molar-refractivity contribution in [3.63, 3.8) is 0 Å². The molecular weight excluding hydrogens is 376 g/mol. The molecule has 0 bridgehead atoms. The predicted octanol–water partition coefficient (Wildman–Crippen LogP) is 3.25. The van der Waals surface area contributed by atoms with Crippen molar-refractivity contribution in [3.8, 4) is 5.75 Å². The van der Waals surface area contributed by atoms with Gasteiger partial charge in [-0.25, -0.2) is 0 Å². The third-order valence-corrected chi connectivity index (χ3v) is 6.12. The number of hydrogen-bond acceptors (Lipinski definition) is 3. The van der Waals surface area contributed by atoms with Crippen LogP contribution in [0.1, 0.15) is 36.0 Å². The van der Waals surface area contributed by atoms with Crippen molar-refractivity contribution in [1.82, 2.24) is 9.80 Å². The minimum absolute atomic E-state index is 0.00771. The van der Waals surface area contributed by atoms with Crippen molar-refractivity contribution in [2.24, 2.45) is 0 Å². The molecule has 2 amide bonds. The summed E-state index contributed by atoms with van der Waals surface area (Å²) >= 11 is 0. The van der Waals surface area contributed by atoms with Gasteiger partial charge in [0.05, 0.1) is 0 Å². The Kier molecular flexibility index (Phi) is 6.67. The summed E-state index contributed by atoms with van der Waals surface area (Å²) in [6.45, 7) is 2.43. The van der Waals surface area contributed by atoms with Gasteiger partial charge in [0.1, 0.15) is 5.75 Å². The van der Waals surface area contributed by atoms with Crippen LogP contribution in [0.2, 0.25) is 0 Å². The number of rotatable bonds is 7. The van der Waals surface area contributed by atoms with Gasteiger partial charge in [-0.3, -0.25) is 9.59 Å². The third-order valence-electron chi connectivity index (χ3n) is 6.12. The van der Waals surface area contributed by atoms with Crippen molar-refractivity contribution in [2.45, 2.75) is 38.5 Å². The first kappa shape index (κ1) is 20.5. The van der Waals surface area contributed by atoms with Crippen molar-refractivity contribution in [3.05, 3.63) is 65.2 Å². The molecule has 30 heavy (non-hydrogen) atoms. The quantitative estimate of drug-likeness (QED) is 0.709. The third kappa shape index (κ3) is 5.21. The van der Waals surface area contributed by atoms with Crippen LogP contribution in [0.4, 0.5) is 0 Å². The number of nitrogens with zero attached hydrogens (tertiary/aromatic N) is 2. The summed E-state index contributed by atoms with van der Waals surface area (Å²) in [6.07, 6.45) is 5.78. The molecule has 2 aliphatic rings. The van der Waals surface area contributed by atoms with Gasteiger partial charge in [0.15, 0.2) is 6.61 Å². The van der Waals surface area contributed by atoms with Crippen molar-refractivity contribution in [1.29, 1.82) is 0 Å². The van der Waals surface area contributed by atoms with Gasteiger partial charge in [0.2, 0.25) is 5.91 Å². The molecule has 5 heteroatoms. The molecule has 0 saturated carbocycles. The molecule has 4 rings (SSSR count). The summed E-state index contributed by atoms with van der Waals surface area (Å²) in [5.74, 6) is 0.954. The number of piperazine rings is 1. The first-order chi connectivity index (χ1) is 14.7. The van der Waals surface area contributed by atoms with Crippen molar-refractivity contribution >= 4 is 11.8 Å². The van der Waals surface area contributed by atoms with E-state index in [1.54, 1.807) is 4.90 Å². The van der Waals surface area contributed by atoms with Crippen molar-refractivity contribution < 1.29 is 14.3 Å². The molecule has 0 spiro atoms. The topological polar surface area (TPSA) is 49.9 Å². The highest BCUT2D eigenvalue weighted by molar-refractivity contribution is 5.79. The number of fused-ring (bicyclic) bond motifs is 1. The molecule has 0 aromatic heterocycles. The van der Waals surface area contributed by atoms with Gasteiger partial charge in [-0.15, -0.1) is 0 Å². The summed E-state index contributed by atoms with van der Waals surface area (Å²) in [4.78, 5) is 28.7. The van der Waals surface area contributed by atoms with E-state index in [4.69, 9.17) is 4.74 Å². The molecule has 0 N–H and O–H groups in total. The molecule has 2 aromatic carbocycles. The van der Waals surface area contributed by atoms with Gasteiger partial charge in [-0.2, -0.15) is 0 Å². The SMILES string of the molecule is O=C(CCCc1ccccc1)N1CCN(C(=O)COc2ccc3c(c2)CCC3)CC1. The van der Waals surface area contributed by atoms with Crippen molar-refractivity contribution in [2.75, 3.05) is 32.8 Å². The zero-order valence-corrected chi connectivity index (χ0v) is 17.5. The fourth-order valence-electron chi connectivity index (χ4n) is 4.33. The van der Waals surface area contributed by atoms with Gasteiger partial charge in [-0.1, -0.05) is 36.4 Å². The lowest BCUT2D eigenvalue weighted by Gasteiger charge is -2.34. The Morgan fingerprint density at radius 3 is 2.30 bits per heavy atom. The largest absolute Gasteiger partial charge is 0.484 e. The van der Waals surface area contributed by atoms with E-state index in [9.17, 15) is 9.59 Å². The maximum absolute atomic E-state index is 12.5. The van der Waals surface area contributed by atoms with Gasteiger partial charge in [0, 0.05) is 32.6 Å². The van der Waals surface area contributed by atoms with Gasteiger partial charge in [-0.05, 0) is 60.9 Å². The molecule has 1 aliphatic carbocycles. The number of carbonyl (C=O) groups is 2. The van der Waals surface area contributed by atoms with Crippen LogP contribution < -0.4 is 4.74 Å². The summed E-state index contributed by atoms with van der Waals surface area (Å²) < 4.78 is 5.74. The van der Waals surface area contributed by atoms with Gasteiger partial charge in [0.25, 0.3) is 5.91 Å². The zero-order valence-electron chi connectivity index (χ0n) is 17.5. The molecule has 1 saturated heterocycles. The fourth-order valence-corrected chi connectivity index (χ4v) is 4.33.